The van der Waals surface area contributed by atoms with Crippen LogP contribution in [0.4, 0.5) is 4.39 Å². The molecule has 0 aliphatic rings. The van der Waals surface area contributed by atoms with Crippen LogP contribution in [-0.2, 0) is 11.3 Å². The molecule has 1 heterocycles. The van der Waals surface area contributed by atoms with E-state index in [-0.39, 0.29) is 11.7 Å². The van der Waals surface area contributed by atoms with E-state index in [2.05, 4.69) is 5.32 Å². The van der Waals surface area contributed by atoms with Crippen molar-refractivity contribution >= 4 is 22.4 Å². The summed E-state index contributed by atoms with van der Waals surface area (Å²) in [6.07, 6.45) is 1.55. The first kappa shape index (κ1) is 19.7. The van der Waals surface area contributed by atoms with Crippen molar-refractivity contribution in [1.82, 2.24) is 5.32 Å². The lowest BCUT2D eigenvalue weighted by atomic mass is 9.98. The van der Waals surface area contributed by atoms with E-state index in [1.54, 1.807) is 25.3 Å². The average Bonchev–Trinajstić information content (AvgIpc) is 2.96. The van der Waals surface area contributed by atoms with Gasteiger partial charge < -0.3 is 14.5 Å². The maximum absolute atomic E-state index is 13.0. The Balaban J connectivity index is 1.88. The molecule has 28 heavy (non-hydrogen) atoms. The number of halogens is 1. The molecule has 3 aromatic rings. The molecular formula is C23H24FNO3. The number of benzene rings is 2. The van der Waals surface area contributed by atoms with Gasteiger partial charge in [0.2, 0.25) is 5.91 Å². The predicted octanol–water partition coefficient (Wildman–Crippen LogP) is 5.23. The van der Waals surface area contributed by atoms with Crippen LogP contribution in [-0.4, -0.2) is 13.0 Å². The Hall–Kier alpha value is -3.08. The van der Waals surface area contributed by atoms with Crippen molar-refractivity contribution in [3.8, 4) is 5.75 Å². The second-order valence-electron chi connectivity index (χ2n) is 6.91. The maximum atomic E-state index is 13.0. The number of amides is 1. The van der Waals surface area contributed by atoms with Crippen LogP contribution >= 0.6 is 0 Å². The fraction of sp³-hybridized carbons (Fsp3) is 0.261. The van der Waals surface area contributed by atoms with Crippen LogP contribution in [0.25, 0.3) is 16.5 Å². The minimum Gasteiger partial charge on any atom is -0.496 e. The summed E-state index contributed by atoms with van der Waals surface area (Å²) in [5, 5.41) is 3.85. The van der Waals surface area contributed by atoms with Crippen LogP contribution in [0.2, 0.25) is 0 Å². The summed E-state index contributed by atoms with van der Waals surface area (Å²) in [7, 11) is 1.61. The molecule has 3 rings (SSSR count). The Morgan fingerprint density at radius 1 is 1.18 bits per heavy atom. The smallest absolute Gasteiger partial charge is 0.244 e. The van der Waals surface area contributed by atoms with Crippen molar-refractivity contribution in [2.75, 3.05) is 7.11 Å². The third-order valence-electron chi connectivity index (χ3n) is 5.00. The first-order valence-corrected chi connectivity index (χ1v) is 9.10. The second-order valence-corrected chi connectivity index (χ2v) is 6.91. The summed E-state index contributed by atoms with van der Waals surface area (Å²) in [6, 6.07) is 8.06. The molecule has 5 heteroatoms. The Morgan fingerprint density at radius 2 is 1.86 bits per heavy atom. The fourth-order valence-electron chi connectivity index (χ4n) is 3.28. The summed E-state index contributed by atoms with van der Waals surface area (Å²) < 4.78 is 24.5. The number of ether oxygens (including phenoxy) is 1. The van der Waals surface area contributed by atoms with Gasteiger partial charge in [0.05, 0.1) is 7.11 Å². The third-order valence-corrected chi connectivity index (χ3v) is 5.00. The number of carbonyl (C=O) groups excluding carboxylic acids is 1. The summed E-state index contributed by atoms with van der Waals surface area (Å²) in [5.74, 6) is 1.05. The van der Waals surface area contributed by atoms with Gasteiger partial charge in [-0.15, -0.1) is 0 Å². The maximum Gasteiger partial charge on any atom is 0.244 e. The van der Waals surface area contributed by atoms with E-state index in [0.29, 0.717) is 12.3 Å². The molecule has 146 valence electrons. The van der Waals surface area contributed by atoms with Crippen molar-refractivity contribution in [3.63, 3.8) is 0 Å². The molecule has 0 fully saturated rings. The standard InChI is InChI=1S/C23H24FNO3/c1-13(10-21(26)25-12-17-6-8-18(24)9-7-17)19-11-20-14(2)16(4)28-23(20)15(3)22(19)27-5/h6-11H,12H2,1-5H3,(H,25,26)/b13-10+. The van der Waals surface area contributed by atoms with Gasteiger partial charge in [0.15, 0.2) is 0 Å². The Kier molecular flexibility index (Phi) is 5.54. The SMILES string of the molecule is COc1c(/C(C)=C/C(=O)NCc2ccc(F)cc2)cc2c(C)c(C)oc2c1C. The number of hydrogen-bond donors (Lipinski definition) is 1. The predicted molar refractivity (Wildman–Crippen MR) is 109 cm³/mol. The lowest BCUT2D eigenvalue weighted by molar-refractivity contribution is -0.116. The molecule has 0 radical (unpaired) electrons. The molecule has 0 aliphatic heterocycles. The van der Waals surface area contributed by atoms with Crippen molar-refractivity contribution < 1.29 is 18.3 Å². The van der Waals surface area contributed by atoms with Crippen LogP contribution < -0.4 is 10.1 Å². The topological polar surface area (TPSA) is 51.5 Å². The number of aryl methyl sites for hydroxylation is 3. The van der Waals surface area contributed by atoms with Gasteiger partial charge in [-0.1, -0.05) is 12.1 Å². The first-order chi connectivity index (χ1) is 13.3. The highest BCUT2D eigenvalue weighted by Crippen LogP contribution is 2.38. The van der Waals surface area contributed by atoms with Gasteiger partial charge in [-0.05, 0) is 62.6 Å². The lowest BCUT2D eigenvalue weighted by Crippen LogP contribution is -2.20. The number of methoxy groups -OCH3 is 1. The lowest BCUT2D eigenvalue weighted by Gasteiger charge is -2.13. The molecule has 0 unspecified atom stereocenters. The van der Waals surface area contributed by atoms with Crippen LogP contribution in [0.15, 0.2) is 40.8 Å². The molecule has 0 atom stereocenters. The average molecular weight is 381 g/mol. The van der Waals surface area contributed by atoms with Crippen LogP contribution in [0.1, 0.15) is 34.9 Å². The van der Waals surface area contributed by atoms with Gasteiger partial charge in [-0.25, -0.2) is 4.39 Å². The number of fused-ring (bicyclic) bond motifs is 1. The van der Waals surface area contributed by atoms with Crippen molar-refractivity contribution in [2.24, 2.45) is 0 Å². The zero-order chi connectivity index (χ0) is 20.4. The summed E-state index contributed by atoms with van der Waals surface area (Å²) in [5.41, 5.74) is 5.27. The van der Waals surface area contributed by atoms with Gasteiger partial charge in [0, 0.05) is 29.1 Å². The zero-order valence-corrected chi connectivity index (χ0v) is 16.8. The number of nitrogens with one attached hydrogen (secondary N) is 1. The molecule has 0 aliphatic carbocycles. The molecule has 1 aromatic heterocycles. The molecule has 0 saturated heterocycles. The van der Waals surface area contributed by atoms with Crippen molar-refractivity contribution in [3.05, 3.63) is 70.2 Å². The minimum atomic E-state index is -0.298. The highest BCUT2D eigenvalue weighted by molar-refractivity contribution is 5.98. The van der Waals surface area contributed by atoms with E-state index in [4.69, 9.17) is 9.15 Å². The minimum absolute atomic E-state index is 0.221. The molecule has 2 aromatic carbocycles. The Morgan fingerprint density at radius 3 is 2.50 bits per heavy atom. The van der Waals surface area contributed by atoms with Gasteiger partial charge in [-0.3, -0.25) is 4.79 Å². The first-order valence-electron chi connectivity index (χ1n) is 9.10. The largest absolute Gasteiger partial charge is 0.496 e. The van der Waals surface area contributed by atoms with Crippen molar-refractivity contribution in [1.29, 1.82) is 0 Å². The fourth-order valence-corrected chi connectivity index (χ4v) is 3.28. The summed E-state index contributed by atoms with van der Waals surface area (Å²) >= 11 is 0. The summed E-state index contributed by atoms with van der Waals surface area (Å²) in [4.78, 5) is 12.4. The van der Waals surface area contributed by atoms with Crippen molar-refractivity contribution in [2.45, 2.75) is 34.2 Å². The second kappa shape index (κ2) is 7.89. The van der Waals surface area contributed by atoms with E-state index in [1.165, 1.54) is 12.1 Å². The molecule has 0 bridgehead atoms. The van der Waals surface area contributed by atoms with E-state index in [0.717, 1.165) is 44.6 Å². The quantitative estimate of drug-likeness (QED) is 0.616. The van der Waals surface area contributed by atoms with E-state index in [1.807, 2.05) is 33.8 Å². The highest BCUT2D eigenvalue weighted by Gasteiger charge is 2.18. The van der Waals surface area contributed by atoms with E-state index in [9.17, 15) is 9.18 Å². The van der Waals surface area contributed by atoms with Gasteiger partial charge >= 0.3 is 0 Å². The normalized spacial score (nSPS) is 11.7. The molecule has 1 N–H and O–H groups in total. The van der Waals surface area contributed by atoms with Gasteiger partial charge in [0.25, 0.3) is 0 Å². The molecule has 4 nitrogen and oxygen atoms in total. The number of allylic oxidation sites excluding steroid dienone is 1. The van der Waals surface area contributed by atoms with Crippen LogP contribution in [0.5, 0.6) is 5.75 Å². The molecule has 1 amide bonds. The van der Waals surface area contributed by atoms with E-state index < -0.39 is 0 Å². The zero-order valence-electron chi connectivity index (χ0n) is 16.8. The van der Waals surface area contributed by atoms with Gasteiger partial charge in [-0.2, -0.15) is 0 Å². The molecule has 0 spiro atoms. The Bertz CT molecular complexity index is 1060. The van der Waals surface area contributed by atoms with E-state index >= 15 is 0 Å². The van der Waals surface area contributed by atoms with Gasteiger partial charge in [0.1, 0.15) is 22.9 Å². The number of hydrogen-bond acceptors (Lipinski definition) is 3. The monoisotopic (exact) mass is 381 g/mol. The molecular weight excluding hydrogens is 357 g/mol. The third kappa shape index (κ3) is 3.79. The number of furan rings is 1. The molecule has 0 saturated carbocycles. The number of rotatable bonds is 5. The van der Waals surface area contributed by atoms with Crippen LogP contribution in [0, 0.1) is 26.6 Å². The summed E-state index contributed by atoms with van der Waals surface area (Å²) in [6.45, 7) is 8.12. The van der Waals surface area contributed by atoms with Crippen LogP contribution in [0.3, 0.4) is 0 Å². The highest BCUT2D eigenvalue weighted by atomic mass is 19.1. The Labute approximate surface area is 164 Å². The number of carbonyl (C=O) groups is 1.